The quantitative estimate of drug-likeness (QED) is 0.677. The molecule has 0 atom stereocenters. The number of carbonyl (C=O) groups excluding carboxylic acids is 1. The molecule has 1 aromatic heterocycles. The first kappa shape index (κ1) is 16.1. The van der Waals surface area contributed by atoms with Crippen LogP contribution < -0.4 is 5.32 Å². The molecule has 0 aliphatic carbocycles. The molecule has 0 spiro atoms. The third kappa shape index (κ3) is 4.62. The van der Waals surface area contributed by atoms with Crippen LogP contribution in [0.4, 0.5) is 5.69 Å². The zero-order chi connectivity index (χ0) is 14.5. The van der Waals surface area contributed by atoms with Crippen LogP contribution in [0.2, 0.25) is 0 Å². The fourth-order valence-corrected chi connectivity index (χ4v) is 4.88. The summed E-state index contributed by atoms with van der Waals surface area (Å²) in [6.07, 6.45) is 0. The maximum Gasteiger partial charge on any atom is 0.234 e. The highest BCUT2D eigenvalue weighted by Crippen LogP contribution is 2.30. The highest BCUT2D eigenvalue weighted by molar-refractivity contribution is 9.11. The first-order valence-electron chi connectivity index (χ1n) is 5.92. The van der Waals surface area contributed by atoms with E-state index in [9.17, 15) is 4.79 Å². The van der Waals surface area contributed by atoms with Crippen molar-refractivity contribution >= 4 is 66.6 Å². The zero-order valence-electron chi connectivity index (χ0n) is 10.8. The molecular weight excluding hydrogens is 422 g/mol. The van der Waals surface area contributed by atoms with Gasteiger partial charge in [-0.2, -0.15) is 0 Å². The fraction of sp³-hybridized carbons (Fsp3) is 0.214. The summed E-state index contributed by atoms with van der Waals surface area (Å²) in [6.45, 7) is 1.98. The molecule has 0 saturated heterocycles. The number of anilines is 1. The number of hydrogen-bond donors (Lipinski definition) is 1. The van der Waals surface area contributed by atoms with Gasteiger partial charge in [0, 0.05) is 19.6 Å². The predicted octanol–water partition coefficient (Wildman–Crippen LogP) is 5.45. The maximum absolute atomic E-state index is 12.0. The number of amides is 1. The molecule has 0 aliphatic rings. The van der Waals surface area contributed by atoms with E-state index in [0.29, 0.717) is 5.75 Å². The number of rotatable bonds is 5. The molecule has 2 rings (SSSR count). The number of aryl methyl sites for hydroxylation is 1. The van der Waals surface area contributed by atoms with Gasteiger partial charge in [-0.15, -0.1) is 23.1 Å². The van der Waals surface area contributed by atoms with E-state index in [1.54, 1.807) is 23.1 Å². The summed E-state index contributed by atoms with van der Waals surface area (Å²) in [6, 6.07) is 8.04. The van der Waals surface area contributed by atoms with Crippen LogP contribution in [0.3, 0.4) is 0 Å². The lowest BCUT2D eigenvalue weighted by molar-refractivity contribution is -0.113. The SMILES string of the molecule is Cc1cc(Br)cc(Br)c1NC(=O)CSCc1cccs1. The third-order valence-corrected chi connectivity index (χ3v) is 5.70. The number of thioether (sulfide) groups is 1. The molecule has 0 aliphatic heterocycles. The van der Waals surface area contributed by atoms with Crippen LogP contribution in [-0.2, 0) is 10.5 Å². The summed E-state index contributed by atoms with van der Waals surface area (Å²) in [5.41, 5.74) is 1.87. The van der Waals surface area contributed by atoms with E-state index in [-0.39, 0.29) is 5.91 Å². The van der Waals surface area contributed by atoms with Crippen molar-refractivity contribution in [1.82, 2.24) is 0 Å². The van der Waals surface area contributed by atoms with Gasteiger partial charge in [-0.1, -0.05) is 22.0 Å². The largest absolute Gasteiger partial charge is 0.324 e. The van der Waals surface area contributed by atoms with Gasteiger partial charge in [0.2, 0.25) is 5.91 Å². The van der Waals surface area contributed by atoms with Gasteiger partial charge in [0.05, 0.1) is 11.4 Å². The summed E-state index contributed by atoms with van der Waals surface area (Å²) >= 11 is 10.3. The van der Waals surface area contributed by atoms with Crippen molar-refractivity contribution in [3.63, 3.8) is 0 Å². The Hall–Kier alpha value is -0.300. The summed E-state index contributed by atoms with van der Waals surface area (Å²) in [7, 11) is 0. The monoisotopic (exact) mass is 433 g/mol. The molecule has 1 aromatic carbocycles. The Balaban J connectivity index is 1.88. The van der Waals surface area contributed by atoms with Crippen molar-refractivity contribution < 1.29 is 4.79 Å². The number of nitrogens with one attached hydrogen (secondary N) is 1. The lowest BCUT2D eigenvalue weighted by Gasteiger charge is -2.11. The molecule has 2 nitrogen and oxygen atoms in total. The van der Waals surface area contributed by atoms with Crippen LogP contribution in [0, 0.1) is 6.92 Å². The van der Waals surface area contributed by atoms with E-state index in [1.807, 2.05) is 25.1 Å². The Bertz CT molecular complexity index is 576. The van der Waals surface area contributed by atoms with Crippen molar-refractivity contribution in [2.75, 3.05) is 11.1 Å². The number of halogens is 2. The Labute approximate surface area is 143 Å². The second-order valence-electron chi connectivity index (χ2n) is 4.20. The van der Waals surface area contributed by atoms with Gasteiger partial charge < -0.3 is 5.32 Å². The smallest absolute Gasteiger partial charge is 0.234 e. The standard InChI is InChI=1S/C14H13Br2NOS2/c1-9-5-10(15)6-12(16)14(9)17-13(18)8-19-7-11-3-2-4-20-11/h2-6H,7-8H2,1H3,(H,17,18). The second-order valence-corrected chi connectivity index (χ2v) is 7.99. The Morgan fingerprint density at radius 3 is 2.85 bits per heavy atom. The average molecular weight is 435 g/mol. The maximum atomic E-state index is 12.0. The van der Waals surface area contributed by atoms with Gasteiger partial charge in [0.1, 0.15) is 0 Å². The normalized spacial score (nSPS) is 10.6. The highest BCUT2D eigenvalue weighted by Gasteiger charge is 2.09. The predicted molar refractivity (Wildman–Crippen MR) is 95.7 cm³/mol. The van der Waals surface area contributed by atoms with Gasteiger partial charge >= 0.3 is 0 Å². The van der Waals surface area contributed by atoms with Gasteiger partial charge in [-0.25, -0.2) is 0 Å². The molecule has 0 fully saturated rings. The molecule has 2 aromatic rings. The molecule has 0 radical (unpaired) electrons. The van der Waals surface area contributed by atoms with E-state index in [1.165, 1.54) is 4.88 Å². The lowest BCUT2D eigenvalue weighted by Crippen LogP contribution is -2.15. The number of carbonyl (C=O) groups is 1. The van der Waals surface area contributed by atoms with Crippen molar-refractivity contribution in [2.45, 2.75) is 12.7 Å². The van der Waals surface area contributed by atoms with Crippen LogP contribution in [0.5, 0.6) is 0 Å². The average Bonchev–Trinajstić information content (AvgIpc) is 2.87. The highest BCUT2D eigenvalue weighted by atomic mass is 79.9. The minimum Gasteiger partial charge on any atom is -0.324 e. The van der Waals surface area contributed by atoms with Crippen molar-refractivity contribution in [3.05, 3.63) is 49.0 Å². The second kappa shape index (κ2) is 7.64. The van der Waals surface area contributed by atoms with Crippen LogP contribution in [0.25, 0.3) is 0 Å². The molecular formula is C14H13Br2NOS2. The summed E-state index contributed by atoms with van der Waals surface area (Å²) in [4.78, 5) is 13.3. The summed E-state index contributed by atoms with van der Waals surface area (Å²) in [5, 5.41) is 5.02. The van der Waals surface area contributed by atoms with Crippen LogP contribution in [-0.4, -0.2) is 11.7 Å². The third-order valence-electron chi connectivity index (χ3n) is 2.57. The Kier molecular flexibility index (Phi) is 6.14. The van der Waals surface area contributed by atoms with Crippen LogP contribution >= 0.6 is 55.0 Å². The van der Waals surface area contributed by atoms with Crippen molar-refractivity contribution in [2.24, 2.45) is 0 Å². The first-order chi connectivity index (χ1) is 9.56. The van der Waals surface area contributed by atoms with Crippen molar-refractivity contribution in [1.29, 1.82) is 0 Å². The Morgan fingerprint density at radius 2 is 2.20 bits per heavy atom. The molecule has 0 unspecified atom stereocenters. The zero-order valence-corrected chi connectivity index (χ0v) is 15.6. The molecule has 1 N–H and O–H groups in total. The van der Waals surface area contributed by atoms with Gasteiger partial charge in [0.15, 0.2) is 0 Å². The van der Waals surface area contributed by atoms with Gasteiger partial charge in [0.25, 0.3) is 0 Å². The molecule has 6 heteroatoms. The van der Waals surface area contributed by atoms with Gasteiger partial charge in [-0.05, 0) is 52.0 Å². The van der Waals surface area contributed by atoms with E-state index in [2.05, 4.69) is 48.6 Å². The van der Waals surface area contributed by atoms with E-state index < -0.39 is 0 Å². The number of hydrogen-bond acceptors (Lipinski definition) is 3. The summed E-state index contributed by atoms with van der Waals surface area (Å²) in [5.74, 6) is 1.36. The van der Waals surface area contributed by atoms with Crippen LogP contribution in [0.1, 0.15) is 10.4 Å². The van der Waals surface area contributed by atoms with E-state index in [0.717, 1.165) is 25.9 Å². The lowest BCUT2D eigenvalue weighted by atomic mass is 10.2. The fourth-order valence-electron chi connectivity index (χ4n) is 1.68. The molecule has 1 heterocycles. The van der Waals surface area contributed by atoms with Crippen LogP contribution in [0.15, 0.2) is 38.6 Å². The minimum absolute atomic E-state index is 0.0256. The Morgan fingerprint density at radius 1 is 1.40 bits per heavy atom. The van der Waals surface area contributed by atoms with E-state index in [4.69, 9.17) is 0 Å². The summed E-state index contributed by atoms with van der Waals surface area (Å²) < 4.78 is 1.88. The topological polar surface area (TPSA) is 29.1 Å². The van der Waals surface area contributed by atoms with E-state index >= 15 is 0 Å². The first-order valence-corrected chi connectivity index (χ1v) is 9.54. The molecule has 106 valence electrons. The molecule has 1 amide bonds. The van der Waals surface area contributed by atoms with Crippen molar-refractivity contribution in [3.8, 4) is 0 Å². The molecule has 0 bridgehead atoms. The minimum atomic E-state index is 0.0256. The number of benzene rings is 1. The van der Waals surface area contributed by atoms with Gasteiger partial charge in [-0.3, -0.25) is 4.79 Å². The molecule has 20 heavy (non-hydrogen) atoms. The molecule has 0 saturated carbocycles. The number of thiophene rings is 1.